The van der Waals surface area contributed by atoms with E-state index in [0.29, 0.717) is 11.6 Å². The van der Waals surface area contributed by atoms with Crippen molar-refractivity contribution in [2.75, 3.05) is 31.1 Å². The summed E-state index contributed by atoms with van der Waals surface area (Å²) in [5.41, 5.74) is 3.08. The fraction of sp³-hybridized carbons (Fsp3) is 0.375. The quantitative estimate of drug-likeness (QED) is 0.243. The Morgan fingerprint density at radius 3 is 2.15 bits per heavy atom. The van der Waals surface area contributed by atoms with E-state index < -0.39 is 71.3 Å². The number of anilines is 1. The monoisotopic (exact) mass is 685 g/mol. The molecular formula is C32H31F8N5O3. The molecule has 0 spiro atoms. The van der Waals surface area contributed by atoms with Gasteiger partial charge in [0.1, 0.15) is 23.1 Å². The second kappa shape index (κ2) is 13.2. The Labute approximate surface area is 268 Å². The van der Waals surface area contributed by atoms with Crippen LogP contribution in [0.15, 0.2) is 62.5 Å². The minimum Gasteiger partial charge on any atom is -0.455 e. The molecule has 0 amide bonds. The minimum atomic E-state index is -4.95. The number of piperazine rings is 1. The maximum atomic E-state index is 14.9. The molecule has 1 aliphatic heterocycles. The molecule has 1 fully saturated rings. The van der Waals surface area contributed by atoms with Gasteiger partial charge in [0, 0.05) is 43.5 Å². The summed E-state index contributed by atoms with van der Waals surface area (Å²) in [5, 5.41) is 0. The fourth-order valence-corrected chi connectivity index (χ4v) is 5.89. The first-order valence-electron chi connectivity index (χ1n) is 14.8. The van der Waals surface area contributed by atoms with Gasteiger partial charge >= 0.3 is 18.0 Å². The highest BCUT2D eigenvalue weighted by molar-refractivity contribution is 5.50. The van der Waals surface area contributed by atoms with Crippen molar-refractivity contribution in [3.8, 4) is 0 Å². The van der Waals surface area contributed by atoms with Gasteiger partial charge in [0.15, 0.2) is 0 Å². The molecule has 0 saturated carbocycles. The van der Waals surface area contributed by atoms with Crippen molar-refractivity contribution in [2.45, 2.75) is 51.9 Å². The molecule has 0 aliphatic carbocycles. The molecule has 3 heterocycles. The highest BCUT2D eigenvalue weighted by Gasteiger charge is 2.36. The van der Waals surface area contributed by atoms with Crippen LogP contribution in [0.4, 0.5) is 40.8 Å². The number of furan rings is 1. The van der Waals surface area contributed by atoms with Crippen LogP contribution in [0.3, 0.4) is 0 Å². The molecular weight excluding hydrogens is 654 g/mol. The van der Waals surface area contributed by atoms with Crippen molar-refractivity contribution in [1.82, 2.24) is 14.0 Å². The second-order valence-corrected chi connectivity index (χ2v) is 11.7. The molecule has 5 rings (SSSR count). The number of nitrogens with two attached hydrogens (primary N) is 1. The van der Waals surface area contributed by atoms with Crippen LogP contribution in [0.5, 0.6) is 0 Å². The van der Waals surface area contributed by atoms with Crippen LogP contribution in [0.25, 0.3) is 0 Å². The number of hydrogen-bond acceptors (Lipinski definition) is 6. The summed E-state index contributed by atoms with van der Waals surface area (Å²) >= 11 is 0. The molecule has 8 nitrogen and oxygen atoms in total. The van der Waals surface area contributed by atoms with E-state index in [0.717, 1.165) is 33.4 Å². The lowest BCUT2D eigenvalue weighted by atomic mass is 10.0. The van der Waals surface area contributed by atoms with Gasteiger partial charge in [0.2, 0.25) is 5.76 Å². The first-order chi connectivity index (χ1) is 22.4. The molecule has 258 valence electrons. The van der Waals surface area contributed by atoms with Gasteiger partial charge in [0.05, 0.1) is 25.2 Å². The Morgan fingerprint density at radius 1 is 0.854 bits per heavy atom. The Hall–Kier alpha value is -4.44. The van der Waals surface area contributed by atoms with Crippen LogP contribution in [-0.2, 0) is 32.0 Å². The first kappa shape index (κ1) is 34.9. The average molecular weight is 686 g/mol. The zero-order chi connectivity index (χ0) is 35.1. The van der Waals surface area contributed by atoms with Crippen LogP contribution < -0.4 is 21.9 Å². The van der Waals surface area contributed by atoms with E-state index in [9.17, 15) is 44.7 Å². The predicted octanol–water partition coefficient (Wildman–Crippen LogP) is 5.61. The standard InChI is InChI=1S/C32H31F8N5O3/c1-18-12-20(14-21(33)13-18)26(41)17-45-29(46)28(43-10-8-42(9-11-43)15-22-6-7-27(48-22)32(38,39)40)19(2)44(30(45)47)16-23-24(31(35,36)37)4-3-5-25(23)34/h3-7,12-14,26H,8-11,15-17,41H2,1-2H3/t26-/m1/s1. The summed E-state index contributed by atoms with van der Waals surface area (Å²) < 4.78 is 116. The predicted molar refractivity (Wildman–Crippen MR) is 159 cm³/mol. The zero-order valence-corrected chi connectivity index (χ0v) is 25.8. The molecule has 0 radical (unpaired) electrons. The number of nitrogens with zero attached hydrogens (tertiary/aromatic N) is 4. The van der Waals surface area contributed by atoms with Crippen LogP contribution in [0, 0.1) is 25.5 Å². The first-order valence-corrected chi connectivity index (χ1v) is 14.8. The largest absolute Gasteiger partial charge is 0.455 e. The van der Waals surface area contributed by atoms with Crippen molar-refractivity contribution in [3.05, 3.63) is 120 Å². The van der Waals surface area contributed by atoms with Gasteiger partial charge in [-0.3, -0.25) is 18.8 Å². The Kier molecular flexibility index (Phi) is 9.61. The van der Waals surface area contributed by atoms with Gasteiger partial charge in [-0.15, -0.1) is 0 Å². The van der Waals surface area contributed by atoms with E-state index in [-0.39, 0.29) is 55.4 Å². The Morgan fingerprint density at radius 2 is 1.54 bits per heavy atom. The smallest absolute Gasteiger partial charge is 0.449 e. The fourth-order valence-electron chi connectivity index (χ4n) is 5.89. The number of aromatic nitrogens is 2. The van der Waals surface area contributed by atoms with E-state index in [1.165, 1.54) is 19.1 Å². The number of halogens is 8. The van der Waals surface area contributed by atoms with Gasteiger partial charge in [-0.05, 0) is 61.4 Å². The van der Waals surface area contributed by atoms with Gasteiger partial charge in [-0.2, -0.15) is 26.3 Å². The summed E-state index contributed by atoms with van der Waals surface area (Å²) in [7, 11) is 0. The maximum absolute atomic E-state index is 14.9. The highest BCUT2D eigenvalue weighted by Crippen LogP contribution is 2.34. The van der Waals surface area contributed by atoms with Crippen LogP contribution in [0.1, 0.15) is 45.5 Å². The van der Waals surface area contributed by atoms with Gasteiger partial charge in [-0.25, -0.2) is 13.6 Å². The normalized spacial score (nSPS) is 15.3. The molecule has 1 aliphatic rings. The van der Waals surface area contributed by atoms with Crippen molar-refractivity contribution >= 4 is 5.69 Å². The van der Waals surface area contributed by atoms with E-state index in [1.54, 1.807) is 22.8 Å². The lowest BCUT2D eigenvalue weighted by Crippen LogP contribution is -2.51. The molecule has 2 N–H and O–H groups in total. The molecule has 1 atom stereocenters. The molecule has 2 aromatic carbocycles. The third kappa shape index (κ3) is 7.33. The van der Waals surface area contributed by atoms with Crippen molar-refractivity contribution in [1.29, 1.82) is 0 Å². The van der Waals surface area contributed by atoms with Gasteiger partial charge in [-0.1, -0.05) is 12.1 Å². The lowest BCUT2D eigenvalue weighted by Gasteiger charge is -2.36. The number of benzene rings is 2. The number of hydrogen-bond donors (Lipinski definition) is 1. The second-order valence-electron chi connectivity index (χ2n) is 11.7. The molecule has 2 aromatic heterocycles. The molecule has 1 saturated heterocycles. The van der Waals surface area contributed by atoms with Gasteiger partial charge in [0.25, 0.3) is 5.56 Å². The lowest BCUT2D eigenvalue weighted by molar-refractivity contribution is -0.153. The van der Waals surface area contributed by atoms with Crippen LogP contribution in [0.2, 0.25) is 0 Å². The van der Waals surface area contributed by atoms with Crippen LogP contribution >= 0.6 is 0 Å². The maximum Gasteiger partial charge on any atom is 0.449 e. The van der Waals surface area contributed by atoms with E-state index in [2.05, 4.69) is 0 Å². The van der Waals surface area contributed by atoms with Crippen molar-refractivity contribution in [2.24, 2.45) is 5.73 Å². The Balaban J connectivity index is 1.52. The van der Waals surface area contributed by atoms with Crippen LogP contribution in [-0.4, -0.2) is 40.2 Å². The minimum absolute atomic E-state index is 0.0258. The molecule has 4 aromatic rings. The van der Waals surface area contributed by atoms with E-state index in [1.807, 2.05) is 0 Å². The highest BCUT2D eigenvalue weighted by atomic mass is 19.4. The molecule has 0 bridgehead atoms. The SMILES string of the molecule is Cc1cc(F)cc([C@H](N)Cn2c(=O)c(N3CCN(Cc4ccc(C(F)(F)F)o4)CC3)c(C)n(Cc3c(F)cccc3C(F)(F)F)c2=O)c1. The summed E-state index contributed by atoms with van der Waals surface area (Å²) in [6.07, 6.45) is -9.59. The molecule has 16 heteroatoms. The van der Waals surface area contributed by atoms with E-state index in [4.69, 9.17) is 10.2 Å². The number of alkyl halides is 6. The third-order valence-corrected chi connectivity index (χ3v) is 8.28. The van der Waals surface area contributed by atoms with E-state index >= 15 is 0 Å². The average Bonchev–Trinajstić information content (AvgIpc) is 3.47. The summed E-state index contributed by atoms with van der Waals surface area (Å²) in [6.45, 7) is 2.46. The molecule has 48 heavy (non-hydrogen) atoms. The summed E-state index contributed by atoms with van der Waals surface area (Å²) in [4.78, 5) is 31.2. The van der Waals surface area contributed by atoms with Crippen molar-refractivity contribution in [3.63, 3.8) is 0 Å². The zero-order valence-electron chi connectivity index (χ0n) is 25.8. The third-order valence-electron chi connectivity index (χ3n) is 8.28. The Bertz CT molecular complexity index is 1900. The van der Waals surface area contributed by atoms with Gasteiger partial charge < -0.3 is 15.1 Å². The summed E-state index contributed by atoms with van der Waals surface area (Å²) in [6, 6.07) is 7.35. The topological polar surface area (TPSA) is 89.6 Å². The molecule has 0 unspecified atom stereocenters. The summed E-state index contributed by atoms with van der Waals surface area (Å²) in [5.74, 6) is -2.86. The number of rotatable bonds is 8. The number of aryl methyl sites for hydroxylation is 1. The van der Waals surface area contributed by atoms with Crippen molar-refractivity contribution < 1.29 is 39.5 Å².